The third-order valence-electron chi connectivity index (χ3n) is 4.21. The number of carbonyl (C=O) groups excluding carboxylic acids is 1. The van der Waals surface area contributed by atoms with Crippen molar-refractivity contribution >= 4 is 22.9 Å². The molecular weight excluding hydrogens is 342 g/mol. The molecule has 0 aliphatic rings. The molecule has 130 valence electrons. The van der Waals surface area contributed by atoms with Crippen LogP contribution in [-0.2, 0) is 4.79 Å². The minimum Gasteiger partial charge on any atom is -0.326 e. The first kappa shape index (κ1) is 17.9. The fourth-order valence-corrected chi connectivity index (χ4v) is 3.64. The molecule has 0 saturated heterocycles. The maximum atomic E-state index is 12.7. The molecule has 0 bridgehead atoms. The van der Waals surface area contributed by atoms with E-state index in [2.05, 4.69) is 34.9 Å². The van der Waals surface area contributed by atoms with Gasteiger partial charge in [-0.1, -0.05) is 48.5 Å². The van der Waals surface area contributed by atoms with Gasteiger partial charge >= 0.3 is 0 Å². The summed E-state index contributed by atoms with van der Waals surface area (Å²) in [5.41, 5.74) is 2.17. The van der Waals surface area contributed by atoms with Crippen molar-refractivity contribution in [1.82, 2.24) is 0 Å². The van der Waals surface area contributed by atoms with Crippen molar-refractivity contribution in [3.63, 3.8) is 0 Å². The number of rotatable bonds is 6. The Labute approximate surface area is 157 Å². The van der Waals surface area contributed by atoms with Gasteiger partial charge < -0.3 is 10.6 Å². The molecule has 0 fully saturated rings. The molecule has 3 aromatic rings. The highest BCUT2D eigenvalue weighted by Crippen LogP contribution is 2.22. The molecule has 0 aliphatic heterocycles. The van der Waals surface area contributed by atoms with Crippen molar-refractivity contribution in [3.8, 4) is 6.07 Å². The van der Waals surface area contributed by atoms with E-state index in [1.54, 1.807) is 29.5 Å². The quantitative estimate of drug-likeness (QED) is 0.706. The summed E-state index contributed by atoms with van der Waals surface area (Å²) in [6.45, 7) is 1.88. The molecular formula is C21H20N3OS+. The molecule has 5 heteroatoms. The molecule has 3 rings (SSSR count). The summed E-state index contributed by atoms with van der Waals surface area (Å²) < 4.78 is 0. The smallest absolute Gasteiger partial charge is 0.282 e. The normalized spacial score (nSPS) is 12.8. The molecule has 2 aromatic carbocycles. The number of hydrogen-bond acceptors (Lipinski definition) is 3. The second kappa shape index (κ2) is 8.43. The third-order valence-corrected chi connectivity index (χ3v) is 5.16. The number of thiophene rings is 1. The average molecular weight is 362 g/mol. The van der Waals surface area contributed by atoms with E-state index in [-0.39, 0.29) is 18.0 Å². The highest BCUT2D eigenvalue weighted by molar-refractivity contribution is 7.10. The summed E-state index contributed by atoms with van der Waals surface area (Å²) in [4.78, 5) is 13.9. The van der Waals surface area contributed by atoms with Crippen LogP contribution >= 0.6 is 11.3 Å². The number of benzene rings is 2. The van der Waals surface area contributed by atoms with Crippen LogP contribution in [0.5, 0.6) is 0 Å². The van der Waals surface area contributed by atoms with Gasteiger partial charge in [0.05, 0.1) is 16.1 Å². The van der Waals surface area contributed by atoms with E-state index in [0.717, 1.165) is 5.56 Å². The van der Waals surface area contributed by atoms with E-state index in [1.807, 2.05) is 42.6 Å². The largest absolute Gasteiger partial charge is 0.326 e. The van der Waals surface area contributed by atoms with Gasteiger partial charge in [0, 0.05) is 5.56 Å². The average Bonchev–Trinajstić information content (AvgIpc) is 3.21. The summed E-state index contributed by atoms with van der Waals surface area (Å²) in [5, 5.41) is 16.2. The molecule has 0 saturated carbocycles. The summed E-state index contributed by atoms with van der Waals surface area (Å²) in [5.74, 6) is -0.120. The SMILES string of the molecule is C[C@@H]([NH2+][C@@H](c1ccccc1)c1cccs1)C(=O)Nc1ccccc1C#N. The van der Waals surface area contributed by atoms with Crippen molar-refractivity contribution in [2.24, 2.45) is 0 Å². The van der Waals surface area contributed by atoms with E-state index < -0.39 is 0 Å². The Morgan fingerprint density at radius 3 is 2.50 bits per heavy atom. The number of nitrogens with one attached hydrogen (secondary N) is 1. The number of nitrogens with zero attached hydrogens (tertiary/aromatic N) is 1. The Bertz CT molecular complexity index is 901. The topological polar surface area (TPSA) is 69.5 Å². The minimum absolute atomic E-state index is 0.0585. The highest BCUT2D eigenvalue weighted by Gasteiger charge is 2.25. The van der Waals surface area contributed by atoms with Crippen molar-refractivity contribution < 1.29 is 10.1 Å². The standard InChI is InChI=1S/C21H19N3OS/c1-15(21(25)24-18-11-6-5-10-17(18)14-22)23-20(19-12-7-13-26-19)16-8-3-2-4-9-16/h2-13,15,20,23H,1H3,(H,24,25)/p+1/t15-,20+/m1/s1. The number of nitriles is 1. The molecule has 3 N–H and O–H groups in total. The van der Waals surface area contributed by atoms with Gasteiger partial charge in [-0.2, -0.15) is 5.26 Å². The highest BCUT2D eigenvalue weighted by atomic mass is 32.1. The molecule has 0 unspecified atom stereocenters. The van der Waals surface area contributed by atoms with Crippen LogP contribution in [0.1, 0.15) is 29.0 Å². The van der Waals surface area contributed by atoms with Crippen LogP contribution in [0.3, 0.4) is 0 Å². The molecule has 0 spiro atoms. The van der Waals surface area contributed by atoms with Gasteiger partial charge in [-0.25, -0.2) is 0 Å². The molecule has 2 atom stereocenters. The zero-order chi connectivity index (χ0) is 18.4. The zero-order valence-electron chi connectivity index (χ0n) is 14.4. The van der Waals surface area contributed by atoms with Gasteiger partial charge in [0.1, 0.15) is 12.1 Å². The lowest BCUT2D eigenvalue weighted by Gasteiger charge is -2.19. The number of hydrogen-bond donors (Lipinski definition) is 2. The molecule has 0 aliphatic carbocycles. The van der Waals surface area contributed by atoms with Gasteiger partial charge in [0.2, 0.25) is 0 Å². The van der Waals surface area contributed by atoms with Crippen molar-refractivity contribution in [1.29, 1.82) is 5.26 Å². The first-order valence-electron chi connectivity index (χ1n) is 8.42. The Morgan fingerprint density at radius 1 is 1.08 bits per heavy atom. The van der Waals surface area contributed by atoms with E-state index in [1.165, 1.54) is 4.88 Å². The van der Waals surface area contributed by atoms with E-state index in [9.17, 15) is 10.1 Å². The van der Waals surface area contributed by atoms with Crippen molar-refractivity contribution in [2.75, 3.05) is 5.32 Å². The third kappa shape index (κ3) is 4.17. The molecule has 1 aromatic heterocycles. The molecule has 1 heterocycles. The van der Waals surface area contributed by atoms with Crippen LogP contribution in [0.15, 0.2) is 72.1 Å². The monoisotopic (exact) mass is 362 g/mol. The van der Waals surface area contributed by atoms with Crippen LogP contribution < -0.4 is 10.6 Å². The first-order valence-corrected chi connectivity index (χ1v) is 9.30. The van der Waals surface area contributed by atoms with Crippen molar-refractivity contribution in [3.05, 3.63) is 88.1 Å². The van der Waals surface area contributed by atoms with Gasteiger partial charge in [0.15, 0.2) is 6.04 Å². The van der Waals surface area contributed by atoms with Gasteiger partial charge in [-0.15, -0.1) is 11.3 Å². The Kier molecular flexibility index (Phi) is 5.80. The van der Waals surface area contributed by atoms with Crippen LogP contribution in [-0.4, -0.2) is 11.9 Å². The van der Waals surface area contributed by atoms with Gasteiger partial charge in [0.25, 0.3) is 5.91 Å². The number of nitrogens with two attached hydrogens (primary N) is 1. The van der Waals surface area contributed by atoms with E-state index in [0.29, 0.717) is 11.3 Å². The maximum absolute atomic E-state index is 12.7. The van der Waals surface area contributed by atoms with Crippen molar-refractivity contribution in [2.45, 2.75) is 19.0 Å². The van der Waals surface area contributed by atoms with Gasteiger partial charge in [-0.05, 0) is 30.5 Å². The summed E-state index contributed by atoms with van der Waals surface area (Å²) in [6.07, 6.45) is 0. The predicted octanol–water partition coefficient (Wildman–Crippen LogP) is 3.30. The van der Waals surface area contributed by atoms with Gasteiger partial charge in [-0.3, -0.25) is 4.79 Å². The Balaban J connectivity index is 1.77. The molecule has 26 heavy (non-hydrogen) atoms. The van der Waals surface area contributed by atoms with Crippen LogP contribution in [0, 0.1) is 11.3 Å². The second-order valence-electron chi connectivity index (χ2n) is 6.03. The fourth-order valence-electron chi connectivity index (χ4n) is 2.81. The summed E-state index contributed by atoms with van der Waals surface area (Å²) in [6, 6.07) is 23.2. The number of amides is 1. The lowest BCUT2D eigenvalue weighted by molar-refractivity contribution is -0.703. The Morgan fingerprint density at radius 2 is 1.81 bits per heavy atom. The Hall–Kier alpha value is -2.94. The number of para-hydroxylation sites is 1. The molecule has 0 radical (unpaired) electrons. The number of quaternary nitrogens is 1. The lowest BCUT2D eigenvalue weighted by atomic mass is 10.0. The molecule has 1 amide bonds. The summed E-state index contributed by atoms with van der Waals surface area (Å²) in [7, 11) is 0. The minimum atomic E-state index is -0.311. The van der Waals surface area contributed by atoms with E-state index in [4.69, 9.17) is 0 Å². The second-order valence-corrected chi connectivity index (χ2v) is 7.01. The van der Waals surface area contributed by atoms with Crippen LogP contribution in [0.4, 0.5) is 5.69 Å². The first-order chi connectivity index (χ1) is 12.7. The zero-order valence-corrected chi connectivity index (χ0v) is 15.2. The molecule has 4 nitrogen and oxygen atoms in total. The number of anilines is 1. The van der Waals surface area contributed by atoms with Crippen LogP contribution in [0.25, 0.3) is 0 Å². The van der Waals surface area contributed by atoms with Crippen LogP contribution in [0.2, 0.25) is 0 Å². The fraction of sp³-hybridized carbons (Fsp3) is 0.143. The maximum Gasteiger partial charge on any atom is 0.282 e. The predicted molar refractivity (Wildman–Crippen MR) is 104 cm³/mol. The lowest BCUT2D eigenvalue weighted by Crippen LogP contribution is -2.92. The van der Waals surface area contributed by atoms with E-state index >= 15 is 0 Å². The number of carbonyl (C=O) groups is 1. The summed E-state index contributed by atoms with van der Waals surface area (Å²) >= 11 is 1.68.